The van der Waals surface area contributed by atoms with Gasteiger partial charge < -0.3 is 9.84 Å². The fourth-order valence-corrected chi connectivity index (χ4v) is 6.55. The summed E-state index contributed by atoms with van der Waals surface area (Å²) >= 11 is 0. The molecular formula is C43H39N7O2. The molecule has 4 aromatic heterocycles. The number of piperidine rings is 1. The Hall–Kier alpha value is -6.32. The Kier molecular flexibility index (Phi) is 9.66. The molecule has 52 heavy (non-hydrogen) atoms. The van der Waals surface area contributed by atoms with Gasteiger partial charge in [-0.15, -0.1) is 0 Å². The van der Waals surface area contributed by atoms with E-state index in [1.165, 1.54) is 32.4 Å². The van der Waals surface area contributed by atoms with Gasteiger partial charge in [-0.05, 0) is 97.7 Å². The molecule has 1 N–H and O–H groups in total. The number of benzene rings is 4. The van der Waals surface area contributed by atoms with Crippen molar-refractivity contribution in [1.29, 1.82) is 0 Å². The molecule has 0 amide bonds. The summed E-state index contributed by atoms with van der Waals surface area (Å²) in [6.45, 7) is 4.16. The maximum atomic E-state index is 9.37. The van der Waals surface area contributed by atoms with Gasteiger partial charge in [0.25, 0.3) is 0 Å². The average Bonchev–Trinajstić information content (AvgIpc) is 3.84. The molecule has 1 aliphatic heterocycles. The number of pyridine rings is 2. The summed E-state index contributed by atoms with van der Waals surface area (Å²) in [5.74, 6) is 1.17. The zero-order chi connectivity index (χ0) is 35.1. The van der Waals surface area contributed by atoms with E-state index in [1.54, 1.807) is 18.5 Å². The lowest BCUT2D eigenvalue weighted by atomic mass is 10.1. The highest BCUT2D eigenvalue weighted by molar-refractivity contribution is 5.80. The van der Waals surface area contributed by atoms with Crippen molar-refractivity contribution in [1.82, 2.24) is 34.0 Å². The Morgan fingerprint density at radius 3 is 1.56 bits per heavy atom. The van der Waals surface area contributed by atoms with Crippen molar-refractivity contribution in [2.24, 2.45) is 0 Å². The Labute approximate surface area is 302 Å². The molecule has 5 heterocycles. The van der Waals surface area contributed by atoms with Gasteiger partial charge in [0.2, 0.25) is 0 Å². The van der Waals surface area contributed by atoms with Gasteiger partial charge >= 0.3 is 0 Å². The van der Waals surface area contributed by atoms with Crippen LogP contribution in [0.3, 0.4) is 0 Å². The van der Waals surface area contributed by atoms with Crippen molar-refractivity contribution >= 4 is 22.3 Å². The molecule has 9 heteroatoms. The van der Waals surface area contributed by atoms with E-state index >= 15 is 0 Å². The van der Waals surface area contributed by atoms with Crippen LogP contribution in [0.15, 0.2) is 146 Å². The van der Waals surface area contributed by atoms with Gasteiger partial charge in [0.15, 0.2) is 11.3 Å². The molecule has 8 aromatic rings. The van der Waals surface area contributed by atoms with Gasteiger partial charge in [0.05, 0.1) is 0 Å². The second-order valence-corrected chi connectivity index (χ2v) is 12.9. The molecule has 1 aliphatic rings. The molecule has 4 aromatic carbocycles. The predicted molar refractivity (Wildman–Crippen MR) is 206 cm³/mol. The highest BCUT2D eigenvalue weighted by Gasteiger charge is 2.11. The molecule has 0 aliphatic carbocycles. The topological polar surface area (TPSA) is 94.1 Å². The maximum Gasteiger partial charge on any atom is 0.164 e. The Morgan fingerprint density at radius 1 is 0.538 bits per heavy atom. The summed E-state index contributed by atoms with van der Waals surface area (Å²) in [4.78, 5) is 20.7. The smallest absolute Gasteiger partial charge is 0.164 e. The SMILES string of the molecule is Oc1ccc(-c2cnc3c(c2)ncn3-c2ccccc2)cc1.c1ccc(-n2cnc3cc(-c4ccc(OCCN5CCCCC5)cc4)cnc32)cc1. The minimum absolute atomic E-state index is 0.256. The number of fused-ring (bicyclic) bond motifs is 2. The van der Waals surface area contributed by atoms with Crippen molar-refractivity contribution in [3.05, 3.63) is 146 Å². The van der Waals surface area contributed by atoms with Crippen molar-refractivity contribution in [2.45, 2.75) is 19.3 Å². The number of phenols is 1. The predicted octanol–water partition coefficient (Wildman–Crippen LogP) is 8.75. The lowest BCUT2D eigenvalue weighted by molar-refractivity contribution is 0.183. The third kappa shape index (κ3) is 7.40. The van der Waals surface area contributed by atoms with Gasteiger partial charge in [0.1, 0.15) is 41.8 Å². The van der Waals surface area contributed by atoms with Gasteiger partial charge in [0, 0.05) is 41.4 Å². The number of rotatable bonds is 8. The molecule has 0 unspecified atom stereocenters. The Bertz CT molecular complexity index is 2370. The van der Waals surface area contributed by atoms with Crippen LogP contribution in [0.4, 0.5) is 0 Å². The van der Waals surface area contributed by atoms with Crippen molar-refractivity contribution in [3.8, 4) is 45.1 Å². The van der Waals surface area contributed by atoms with Gasteiger partial charge in [-0.3, -0.25) is 14.0 Å². The van der Waals surface area contributed by atoms with Crippen LogP contribution in [0, 0.1) is 0 Å². The summed E-state index contributed by atoms with van der Waals surface area (Å²) in [5.41, 5.74) is 9.67. The molecule has 0 spiro atoms. The summed E-state index contributed by atoms with van der Waals surface area (Å²) in [6, 6.07) is 39.6. The largest absolute Gasteiger partial charge is 0.508 e. The number of imidazole rings is 2. The van der Waals surface area contributed by atoms with Gasteiger partial charge in [-0.25, -0.2) is 19.9 Å². The third-order valence-electron chi connectivity index (χ3n) is 9.36. The van der Waals surface area contributed by atoms with Crippen LogP contribution in [0.25, 0.3) is 56.0 Å². The number of ether oxygens (including phenoxy) is 1. The van der Waals surface area contributed by atoms with Crippen molar-refractivity contribution in [3.63, 3.8) is 0 Å². The highest BCUT2D eigenvalue weighted by atomic mass is 16.5. The monoisotopic (exact) mass is 685 g/mol. The molecule has 1 fully saturated rings. The van der Waals surface area contributed by atoms with Gasteiger partial charge in [-0.1, -0.05) is 67.1 Å². The van der Waals surface area contributed by atoms with E-state index in [2.05, 4.69) is 55.2 Å². The quantitative estimate of drug-likeness (QED) is 0.171. The first kappa shape index (κ1) is 32.9. The second kappa shape index (κ2) is 15.3. The van der Waals surface area contributed by atoms with Crippen molar-refractivity contribution in [2.75, 3.05) is 26.2 Å². The van der Waals surface area contributed by atoms with E-state index in [0.29, 0.717) is 0 Å². The molecule has 0 radical (unpaired) electrons. The van der Waals surface area contributed by atoms with E-state index in [-0.39, 0.29) is 5.75 Å². The van der Waals surface area contributed by atoms with E-state index in [4.69, 9.17) is 4.74 Å². The van der Waals surface area contributed by atoms with E-state index in [1.807, 2.05) is 107 Å². The number of para-hydroxylation sites is 2. The third-order valence-corrected chi connectivity index (χ3v) is 9.36. The summed E-state index contributed by atoms with van der Waals surface area (Å²) in [7, 11) is 0. The highest BCUT2D eigenvalue weighted by Crippen LogP contribution is 2.27. The Balaban J connectivity index is 0.000000156. The number of nitrogens with zero attached hydrogens (tertiary/aromatic N) is 7. The lowest BCUT2D eigenvalue weighted by Crippen LogP contribution is -2.33. The first-order valence-corrected chi connectivity index (χ1v) is 17.7. The number of likely N-dealkylation sites (tertiary alicyclic amines) is 1. The number of hydrogen-bond acceptors (Lipinski definition) is 7. The van der Waals surface area contributed by atoms with Crippen LogP contribution in [0.2, 0.25) is 0 Å². The van der Waals surface area contributed by atoms with Crippen molar-refractivity contribution < 1.29 is 9.84 Å². The van der Waals surface area contributed by atoms with E-state index in [0.717, 1.165) is 74.9 Å². The molecular weight excluding hydrogens is 647 g/mol. The number of hydrogen-bond donors (Lipinski definition) is 1. The number of aromatic hydroxyl groups is 1. The molecule has 9 nitrogen and oxygen atoms in total. The van der Waals surface area contributed by atoms with Crippen LogP contribution in [-0.2, 0) is 0 Å². The van der Waals surface area contributed by atoms with Gasteiger partial charge in [-0.2, -0.15) is 0 Å². The van der Waals surface area contributed by atoms with Crippen LogP contribution in [0.5, 0.6) is 11.5 Å². The molecule has 0 saturated carbocycles. The second-order valence-electron chi connectivity index (χ2n) is 12.9. The first-order chi connectivity index (χ1) is 25.7. The van der Waals surface area contributed by atoms with Crippen LogP contribution < -0.4 is 4.74 Å². The molecule has 0 bridgehead atoms. The molecule has 1 saturated heterocycles. The normalized spacial score (nSPS) is 13.2. The molecule has 9 rings (SSSR count). The van der Waals surface area contributed by atoms with Crippen LogP contribution >= 0.6 is 0 Å². The van der Waals surface area contributed by atoms with E-state index in [9.17, 15) is 5.11 Å². The van der Waals surface area contributed by atoms with Crippen LogP contribution in [0.1, 0.15) is 19.3 Å². The summed E-state index contributed by atoms with van der Waals surface area (Å²) < 4.78 is 9.93. The number of phenolic OH excluding ortho intramolecular Hbond substituents is 1. The van der Waals surface area contributed by atoms with Crippen LogP contribution in [-0.4, -0.2) is 65.3 Å². The maximum absolute atomic E-state index is 9.37. The first-order valence-electron chi connectivity index (χ1n) is 17.7. The fourth-order valence-electron chi connectivity index (χ4n) is 6.55. The van der Waals surface area contributed by atoms with E-state index < -0.39 is 0 Å². The summed E-state index contributed by atoms with van der Waals surface area (Å²) in [6.07, 6.45) is 11.4. The number of aromatic nitrogens is 6. The minimum Gasteiger partial charge on any atom is -0.508 e. The standard InChI is InChI=1S/C25H26N4O.C18H13N3O/c1-3-7-22(8-4-1)29-19-27-24-17-21(18-26-25(24)29)20-9-11-23(12-10-20)30-16-15-28-13-5-2-6-14-28;22-16-8-6-13(7-9-16)14-10-17-18(19-11-14)21(12-20-17)15-4-2-1-3-5-15/h1,3-4,7-12,17-19H,2,5-6,13-16H2;1-12,22H. The molecule has 258 valence electrons. The zero-order valence-electron chi connectivity index (χ0n) is 28.8. The molecule has 0 atom stereocenters. The Morgan fingerprint density at radius 2 is 1.04 bits per heavy atom. The minimum atomic E-state index is 0.256. The summed E-state index contributed by atoms with van der Waals surface area (Å²) in [5, 5.41) is 9.37. The fraction of sp³-hybridized carbons (Fsp3) is 0.163. The lowest BCUT2D eigenvalue weighted by Gasteiger charge is -2.26. The average molecular weight is 686 g/mol. The zero-order valence-corrected chi connectivity index (χ0v) is 28.8.